The molecule has 0 aliphatic carbocycles. The zero-order valence-electron chi connectivity index (χ0n) is 24.0. The fourth-order valence-corrected chi connectivity index (χ4v) is 6.42. The molecule has 0 bridgehead atoms. The number of anilines is 2. The van der Waals surface area contributed by atoms with Gasteiger partial charge in [0, 0.05) is 16.0 Å². The van der Waals surface area contributed by atoms with Gasteiger partial charge in [0.1, 0.15) is 15.7 Å². The van der Waals surface area contributed by atoms with E-state index in [9.17, 15) is 19.2 Å². The van der Waals surface area contributed by atoms with E-state index >= 15 is 0 Å². The smallest absolute Gasteiger partial charge is 0.341 e. The Morgan fingerprint density at radius 1 is 0.775 bits per heavy atom. The van der Waals surface area contributed by atoms with Crippen molar-refractivity contribution in [2.45, 2.75) is 80.4 Å². The zero-order valence-corrected chi connectivity index (χ0v) is 25.6. The zero-order chi connectivity index (χ0) is 29.7. The van der Waals surface area contributed by atoms with Crippen molar-refractivity contribution in [1.29, 1.82) is 0 Å². The molecule has 214 valence electrons. The molecule has 0 atom stereocenters. The molecule has 3 aromatic rings. The Balaban J connectivity index is 1.80. The van der Waals surface area contributed by atoms with Crippen LogP contribution in [0.1, 0.15) is 104 Å². The number of nitrogens with one attached hydrogen (secondary N) is 2. The number of aryl methyl sites for hydroxylation is 2. The van der Waals surface area contributed by atoms with Gasteiger partial charge in [-0.15, -0.1) is 22.7 Å². The standard InChI is InChI=1S/C29H35N3O6S2/c1-9-19-16(7)39-26(22(19)28(35)37-14(3)4)31-24(33)18-11-12-21(30-13-18)25(34)32-27-23(29(36)38-15(5)6)20(10-2)17(8)40-27/h11-15H,9-10H2,1-8H3,(H,31,33)(H,32,34). The predicted molar refractivity (Wildman–Crippen MR) is 158 cm³/mol. The van der Waals surface area contributed by atoms with Crippen molar-refractivity contribution >= 4 is 56.4 Å². The van der Waals surface area contributed by atoms with Crippen LogP contribution in [0.4, 0.5) is 10.0 Å². The average Bonchev–Trinajstić information content (AvgIpc) is 3.37. The molecule has 3 rings (SSSR count). The summed E-state index contributed by atoms with van der Waals surface area (Å²) in [6.07, 6.45) is 1.93. The molecule has 0 unspecified atom stereocenters. The van der Waals surface area contributed by atoms with E-state index < -0.39 is 23.8 Å². The Hall–Kier alpha value is -3.57. The van der Waals surface area contributed by atoms with Gasteiger partial charge in [0.25, 0.3) is 11.8 Å². The molecule has 0 saturated carbocycles. The highest BCUT2D eigenvalue weighted by Gasteiger charge is 2.26. The molecule has 2 amide bonds. The molecular formula is C29H35N3O6S2. The first kappa shape index (κ1) is 31.0. The molecule has 0 radical (unpaired) electrons. The third kappa shape index (κ3) is 6.95. The van der Waals surface area contributed by atoms with Gasteiger partial charge in [0.2, 0.25) is 0 Å². The summed E-state index contributed by atoms with van der Waals surface area (Å²) in [5.74, 6) is -1.96. The Morgan fingerprint density at radius 3 is 1.60 bits per heavy atom. The number of amides is 2. The van der Waals surface area contributed by atoms with Crippen LogP contribution in [0.15, 0.2) is 18.3 Å². The summed E-state index contributed by atoms with van der Waals surface area (Å²) in [5.41, 5.74) is 2.67. The molecule has 0 spiro atoms. The number of rotatable bonds is 10. The first-order valence-corrected chi connectivity index (χ1v) is 14.8. The lowest BCUT2D eigenvalue weighted by Gasteiger charge is -2.12. The molecule has 0 aliphatic heterocycles. The van der Waals surface area contributed by atoms with E-state index in [1.54, 1.807) is 27.7 Å². The van der Waals surface area contributed by atoms with Crippen LogP contribution >= 0.6 is 22.7 Å². The minimum absolute atomic E-state index is 0.0743. The lowest BCUT2D eigenvalue weighted by Crippen LogP contribution is -2.19. The number of thiophene rings is 2. The van der Waals surface area contributed by atoms with Gasteiger partial charge in [-0.2, -0.15) is 0 Å². The number of hydrogen-bond donors (Lipinski definition) is 2. The number of hydrogen-bond acceptors (Lipinski definition) is 9. The van der Waals surface area contributed by atoms with Gasteiger partial charge in [0.05, 0.1) is 28.9 Å². The van der Waals surface area contributed by atoms with E-state index in [2.05, 4.69) is 15.6 Å². The summed E-state index contributed by atoms with van der Waals surface area (Å²) in [5, 5.41) is 6.39. The van der Waals surface area contributed by atoms with E-state index in [1.807, 2.05) is 27.7 Å². The minimum Gasteiger partial charge on any atom is -0.459 e. The van der Waals surface area contributed by atoms with Crippen molar-refractivity contribution in [3.8, 4) is 0 Å². The SMILES string of the molecule is CCc1c(C)sc(NC(=O)c2ccc(C(=O)Nc3sc(C)c(CC)c3C(=O)OC(C)C)nc2)c1C(=O)OC(C)C. The minimum atomic E-state index is -0.519. The lowest BCUT2D eigenvalue weighted by atomic mass is 10.1. The Kier molecular flexibility index (Phi) is 10.2. The highest BCUT2D eigenvalue weighted by Crippen LogP contribution is 2.36. The Bertz CT molecular complexity index is 1310. The van der Waals surface area contributed by atoms with E-state index in [0.29, 0.717) is 34.0 Å². The quantitative estimate of drug-likeness (QED) is 0.258. The number of aromatic nitrogens is 1. The summed E-state index contributed by atoms with van der Waals surface area (Å²) < 4.78 is 10.8. The highest BCUT2D eigenvalue weighted by atomic mass is 32.1. The fraction of sp³-hybridized carbons (Fsp3) is 0.414. The molecule has 0 aromatic carbocycles. The number of ether oxygens (including phenoxy) is 2. The summed E-state index contributed by atoms with van der Waals surface area (Å²) in [6, 6.07) is 2.91. The predicted octanol–water partition coefficient (Wildman–Crippen LogP) is 6.58. The summed E-state index contributed by atoms with van der Waals surface area (Å²) >= 11 is 2.62. The second-order valence-electron chi connectivity index (χ2n) is 9.64. The maximum atomic E-state index is 13.0. The first-order valence-electron chi connectivity index (χ1n) is 13.1. The van der Waals surface area contributed by atoms with Crippen molar-refractivity contribution in [3.63, 3.8) is 0 Å². The van der Waals surface area contributed by atoms with E-state index in [-0.39, 0.29) is 23.5 Å². The molecule has 40 heavy (non-hydrogen) atoms. The van der Waals surface area contributed by atoms with Crippen molar-refractivity contribution < 1.29 is 28.7 Å². The van der Waals surface area contributed by atoms with Crippen molar-refractivity contribution in [3.05, 3.63) is 61.6 Å². The maximum Gasteiger partial charge on any atom is 0.341 e. The molecule has 9 nitrogen and oxygen atoms in total. The van der Waals surface area contributed by atoms with Gasteiger partial charge in [-0.25, -0.2) is 9.59 Å². The highest BCUT2D eigenvalue weighted by molar-refractivity contribution is 7.17. The largest absolute Gasteiger partial charge is 0.459 e. The molecular weight excluding hydrogens is 550 g/mol. The molecule has 3 heterocycles. The number of pyridine rings is 1. The van der Waals surface area contributed by atoms with Crippen molar-refractivity contribution in [2.75, 3.05) is 10.6 Å². The van der Waals surface area contributed by atoms with Crippen LogP contribution in [0.5, 0.6) is 0 Å². The lowest BCUT2D eigenvalue weighted by molar-refractivity contribution is 0.0367. The van der Waals surface area contributed by atoms with Gasteiger partial charge < -0.3 is 20.1 Å². The summed E-state index contributed by atoms with van der Waals surface area (Å²) in [6.45, 7) is 14.7. The molecule has 0 saturated heterocycles. The van der Waals surface area contributed by atoms with E-state index in [4.69, 9.17) is 9.47 Å². The summed E-state index contributed by atoms with van der Waals surface area (Å²) in [4.78, 5) is 57.6. The van der Waals surface area contributed by atoms with Crippen LogP contribution < -0.4 is 10.6 Å². The first-order chi connectivity index (χ1) is 18.9. The molecule has 3 aromatic heterocycles. The van der Waals surface area contributed by atoms with Crippen LogP contribution in [0.25, 0.3) is 0 Å². The van der Waals surface area contributed by atoms with Gasteiger partial charge in [-0.3, -0.25) is 14.6 Å². The average molecular weight is 586 g/mol. The van der Waals surface area contributed by atoms with Crippen LogP contribution in [-0.4, -0.2) is 40.9 Å². The normalized spacial score (nSPS) is 11.1. The molecule has 2 N–H and O–H groups in total. The molecule has 0 fully saturated rings. The number of nitrogens with zero attached hydrogens (tertiary/aromatic N) is 1. The van der Waals surface area contributed by atoms with Crippen LogP contribution in [0, 0.1) is 13.8 Å². The van der Waals surface area contributed by atoms with Crippen molar-refractivity contribution in [2.24, 2.45) is 0 Å². The molecule has 11 heteroatoms. The third-order valence-corrected chi connectivity index (χ3v) is 8.06. The molecule has 0 aliphatic rings. The Labute approximate surface area is 242 Å². The fourth-order valence-electron chi connectivity index (χ4n) is 4.17. The van der Waals surface area contributed by atoms with Crippen LogP contribution in [0.2, 0.25) is 0 Å². The number of carbonyl (C=O) groups is 4. The van der Waals surface area contributed by atoms with Crippen LogP contribution in [-0.2, 0) is 22.3 Å². The van der Waals surface area contributed by atoms with Gasteiger partial charge >= 0.3 is 11.9 Å². The maximum absolute atomic E-state index is 13.0. The topological polar surface area (TPSA) is 124 Å². The van der Waals surface area contributed by atoms with Crippen molar-refractivity contribution in [1.82, 2.24) is 4.98 Å². The third-order valence-electron chi connectivity index (χ3n) is 5.93. The second kappa shape index (κ2) is 13.2. The second-order valence-corrected chi connectivity index (χ2v) is 12.1. The number of carbonyl (C=O) groups excluding carboxylic acids is 4. The van der Waals surface area contributed by atoms with E-state index in [0.717, 1.165) is 20.9 Å². The summed E-state index contributed by atoms with van der Waals surface area (Å²) in [7, 11) is 0. The Morgan fingerprint density at radius 2 is 1.23 bits per heavy atom. The van der Waals surface area contributed by atoms with Gasteiger partial charge in [0.15, 0.2) is 0 Å². The number of esters is 2. The van der Waals surface area contributed by atoms with Gasteiger partial charge in [-0.05, 0) is 77.6 Å². The van der Waals surface area contributed by atoms with E-state index in [1.165, 1.54) is 41.0 Å². The van der Waals surface area contributed by atoms with Crippen LogP contribution in [0.3, 0.4) is 0 Å². The van der Waals surface area contributed by atoms with Gasteiger partial charge in [-0.1, -0.05) is 13.8 Å². The monoisotopic (exact) mass is 585 g/mol.